The number of hydrogen-bond acceptors (Lipinski definition) is 2. The molecule has 2 nitrogen and oxygen atoms in total. The van der Waals surface area contributed by atoms with Crippen molar-refractivity contribution in [2.24, 2.45) is 0 Å². The first-order valence-corrected chi connectivity index (χ1v) is 7.61. The smallest absolute Gasteiger partial charge is 0.0414 e. The number of nitrogens with one attached hydrogen (secondary N) is 1. The summed E-state index contributed by atoms with van der Waals surface area (Å²) in [5, 5.41) is 3.67. The van der Waals surface area contributed by atoms with Crippen LogP contribution in [-0.2, 0) is 6.42 Å². The number of anilines is 1. The number of rotatable bonds is 5. The van der Waals surface area contributed by atoms with E-state index in [2.05, 4.69) is 62.2 Å². The first kappa shape index (κ1) is 14.4. The van der Waals surface area contributed by atoms with E-state index in [0.29, 0.717) is 6.04 Å². The topological polar surface area (TPSA) is 15.3 Å². The normalized spacial score (nSPS) is 16.5. The number of para-hydroxylation sites is 1. The minimum absolute atomic E-state index is 0.200. The molecular weight excluding hydrogens is 232 g/mol. The molecule has 0 saturated heterocycles. The van der Waals surface area contributed by atoms with Crippen molar-refractivity contribution < 1.29 is 0 Å². The van der Waals surface area contributed by atoms with Gasteiger partial charge >= 0.3 is 0 Å². The molecule has 1 atom stereocenters. The van der Waals surface area contributed by atoms with E-state index in [4.69, 9.17) is 0 Å². The predicted molar refractivity (Wildman–Crippen MR) is 83.9 cm³/mol. The van der Waals surface area contributed by atoms with Crippen LogP contribution in [0.25, 0.3) is 0 Å². The highest BCUT2D eigenvalue weighted by Crippen LogP contribution is 2.30. The first-order valence-electron chi connectivity index (χ1n) is 7.61. The zero-order chi connectivity index (χ0) is 13.9. The minimum Gasteiger partial charge on any atom is -0.367 e. The summed E-state index contributed by atoms with van der Waals surface area (Å²) >= 11 is 0. The Morgan fingerprint density at radius 2 is 2.00 bits per heavy atom. The summed E-state index contributed by atoms with van der Waals surface area (Å²) in [4.78, 5) is 2.61. The maximum absolute atomic E-state index is 3.67. The quantitative estimate of drug-likeness (QED) is 0.870. The standard InChI is InChI=1S/C17H28N2/c1-5-8-15(13-18-17(2,3)4)19-12-11-14-9-6-7-10-16(14)19/h6-7,9-10,15,18H,5,8,11-13H2,1-4H3. The van der Waals surface area contributed by atoms with Gasteiger partial charge in [-0.15, -0.1) is 0 Å². The fourth-order valence-electron chi connectivity index (χ4n) is 2.87. The van der Waals surface area contributed by atoms with E-state index >= 15 is 0 Å². The van der Waals surface area contributed by atoms with Crippen molar-refractivity contribution >= 4 is 5.69 Å². The van der Waals surface area contributed by atoms with Gasteiger partial charge in [-0.25, -0.2) is 0 Å². The summed E-state index contributed by atoms with van der Waals surface area (Å²) < 4.78 is 0. The Morgan fingerprint density at radius 3 is 2.68 bits per heavy atom. The van der Waals surface area contributed by atoms with Crippen LogP contribution in [0.2, 0.25) is 0 Å². The van der Waals surface area contributed by atoms with Crippen molar-refractivity contribution in [3.8, 4) is 0 Å². The van der Waals surface area contributed by atoms with E-state index in [9.17, 15) is 0 Å². The SMILES string of the molecule is CCCC(CNC(C)(C)C)N1CCc2ccccc21. The lowest BCUT2D eigenvalue weighted by Crippen LogP contribution is -2.47. The molecule has 0 bridgehead atoms. The molecule has 1 unspecified atom stereocenters. The van der Waals surface area contributed by atoms with E-state index in [1.807, 2.05) is 0 Å². The Balaban J connectivity index is 2.08. The number of benzene rings is 1. The van der Waals surface area contributed by atoms with Gasteiger partial charge in [0.15, 0.2) is 0 Å². The van der Waals surface area contributed by atoms with Crippen molar-refractivity contribution in [2.75, 3.05) is 18.0 Å². The van der Waals surface area contributed by atoms with Crippen molar-refractivity contribution in [1.82, 2.24) is 5.32 Å². The van der Waals surface area contributed by atoms with Gasteiger partial charge in [-0.3, -0.25) is 0 Å². The van der Waals surface area contributed by atoms with Crippen LogP contribution in [0.4, 0.5) is 5.69 Å². The first-order chi connectivity index (χ1) is 9.01. The van der Waals surface area contributed by atoms with E-state index in [1.165, 1.54) is 37.1 Å². The Bertz CT molecular complexity index is 406. The third kappa shape index (κ3) is 3.73. The molecule has 0 saturated carbocycles. The van der Waals surface area contributed by atoms with Crippen LogP contribution in [-0.4, -0.2) is 24.7 Å². The third-order valence-electron chi connectivity index (χ3n) is 3.85. The lowest BCUT2D eigenvalue weighted by molar-refractivity contribution is 0.389. The van der Waals surface area contributed by atoms with Gasteiger partial charge in [0.1, 0.15) is 0 Å². The van der Waals surface area contributed by atoms with Crippen LogP contribution in [0, 0.1) is 0 Å². The molecule has 1 aromatic carbocycles. The highest BCUT2D eigenvalue weighted by molar-refractivity contribution is 5.58. The van der Waals surface area contributed by atoms with Crippen LogP contribution in [0.1, 0.15) is 46.1 Å². The second-order valence-corrected chi connectivity index (χ2v) is 6.65. The summed E-state index contributed by atoms with van der Waals surface area (Å²) in [7, 11) is 0. The molecule has 106 valence electrons. The molecule has 1 heterocycles. The van der Waals surface area contributed by atoms with E-state index in [1.54, 1.807) is 0 Å². The summed E-state index contributed by atoms with van der Waals surface area (Å²) in [6, 6.07) is 9.49. The number of hydrogen-bond donors (Lipinski definition) is 1. The Kier molecular flexibility index (Phi) is 4.51. The Hall–Kier alpha value is -1.02. The molecule has 0 aromatic heterocycles. The molecule has 0 spiro atoms. The van der Waals surface area contributed by atoms with E-state index in [-0.39, 0.29) is 5.54 Å². The van der Waals surface area contributed by atoms with Gasteiger partial charge in [0.2, 0.25) is 0 Å². The molecule has 1 aliphatic heterocycles. The van der Waals surface area contributed by atoms with Gasteiger partial charge in [-0.05, 0) is 45.2 Å². The molecule has 2 rings (SSSR count). The van der Waals surface area contributed by atoms with Gasteiger partial charge in [0, 0.05) is 30.4 Å². The third-order valence-corrected chi connectivity index (χ3v) is 3.85. The van der Waals surface area contributed by atoms with E-state index in [0.717, 1.165) is 6.54 Å². The second kappa shape index (κ2) is 5.96. The molecule has 1 aromatic rings. The summed E-state index contributed by atoms with van der Waals surface area (Å²) in [5.41, 5.74) is 3.17. The molecule has 0 aliphatic carbocycles. The van der Waals surface area contributed by atoms with Crippen molar-refractivity contribution in [2.45, 2.75) is 58.5 Å². The van der Waals surface area contributed by atoms with Crippen LogP contribution in [0.5, 0.6) is 0 Å². The van der Waals surface area contributed by atoms with Crippen molar-refractivity contribution in [3.63, 3.8) is 0 Å². The number of fused-ring (bicyclic) bond motifs is 1. The largest absolute Gasteiger partial charge is 0.367 e. The molecule has 0 amide bonds. The molecule has 0 radical (unpaired) electrons. The van der Waals surface area contributed by atoms with Gasteiger partial charge in [-0.1, -0.05) is 31.5 Å². The summed E-state index contributed by atoms with van der Waals surface area (Å²) in [6.45, 7) is 11.3. The zero-order valence-corrected chi connectivity index (χ0v) is 12.9. The predicted octanol–water partition coefficient (Wildman–Crippen LogP) is 3.61. The maximum Gasteiger partial charge on any atom is 0.0414 e. The molecule has 19 heavy (non-hydrogen) atoms. The van der Waals surface area contributed by atoms with E-state index < -0.39 is 0 Å². The lowest BCUT2D eigenvalue weighted by Gasteiger charge is -2.33. The minimum atomic E-state index is 0.200. The second-order valence-electron chi connectivity index (χ2n) is 6.65. The molecule has 1 aliphatic rings. The molecular formula is C17H28N2. The molecule has 0 fully saturated rings. The highest BCUT2D eigenvalue weighted by Gasteiger charge is 2.25. The summed E-state index contributed by atoms with van der Waals surface area (Å²) in [6.07, 6.45) is 3.71. The van der Waals surface area contributed by atoms with Crippen molar-refractivity contribution in [3.05, 3.63) is 29.8 Å². The monoisotopic (exact) mass is 260 g/mol. The van der Waals surface area contributed by atoms with Crippen LogP contribution in [0.3, 0.4) is 0 Å². The zero-order valence-electron chi connectivity index (χ0n) is 12.9. The lowest BCUT2D eigenvalue weighted by atomic mass is 10.1. The van der Waals surface area contributed by atoms with Crippen LogP contribution >= 0.6 is 0 Å². The van der Waals surface area contributed by atoms with Crippen molar-refractivity contribution in [1.29, 1.82) is 0 Å². The van der Waals surface area contributed by atoms with Gasteiger partial charge in [0.05, 0.1) is 0 Å². The number of nitrogens with zero attached hydrogens (tertiary/aromatic N) is 1. The van der Waals surface area contributed by atoms with Crippen LogP contribution < -0.4 is 10.2 Å². The Morgan fingerprint density at radius 1 is 1.26 bits per heavy atom. The molecule has 1 N–H and O–H groups in total. The van der Waals surface area contributed by atoms with Gasteiger partial charge < -0.3 is 10.2 Å². The average molecular weight is 260 g/mol. The maximum atomic E-state index is 3.67. The Labute approximate surface area is 118 Å². The molecule has 2 heteroatoms. The average Bonchev–Trinajstić information content (AvgIpc) is 2.77. The van der Waals surface area contributed by atoms with Gasteiger partial charge in [-0.2, -0.15) is 0 Å². The highest BCUT2D eigenvalue weighted by atomic mass is 15.2. The van der Waals surface area contributed by atoms with Crippen LogP contribution in [0.15, 0.2) is 24.3 Å². The fraction of sp³-hybridized carbons (Fsp3) is 0.647. The summed E-state index contributed by atoms with van der Waals surface area (Å²) in [5.74, 6) is 0. The van der Waals surface area contributed by atoms with Gasteiger partial charge in [0.25, 0.3) is 0 Å². The fourth-order valence-corrected chi connectivity index (χ4v) is 2.87.